The minimum absolute atomic E-state index is 0.0643. The number of phosphoric ester groups is 1. The third kappa shape index (κ3) is 38.5. The van der Waals surface area contributed by atoms with Crippen LogP contribution in [0.2, 0.25) is 0 Å². The van der Waals surface area contributed by atoms with Gasteiger partial charge in [0.15, 0.2) is 0 Å². The van der Waals surface area contributed by atoms with E-state index in [9.17, 15) is 14.3 Å². The molecular formula is C42H71NO7P+. The Balaban J connectivity index is 4.51. The lowest BCUT2D eigenvalue weighted by Crippen LogP contribution is -2.37. The SMILES string of the molecule is CC/C=C\C/C=C\C/C=C\C/C=C\CCCCC(=O)OC(COCCC/C=C\C/C=C\C/C=C\C/C=C\CC)COP(=O)(O)OCC[N+](C)(C)C. The highest BCUT2D eigenvalue weighted by Crippen LogP contribution is 2.43. The Bertz CT molecular complexity index is 1130. The van der Waals surface area contributed by atoms with Gasteiger partial charge in [-0.25, -0.2) is 4.57 Å². The van der Waals surface area contributed by atoms with Gasteiger partial charge in [0.05, 0.1) is 34.4 Å². The lowest BCUT2D eigenvalue weighted by atomic mass is 10.2. The molecule has 0 radical (unpaired) electrons. The molecule has 0 rings (SSSR count). The van der Waals surface area contributed by atoms with E-state index in [4.69, 9.17) is 18.5 Å². The Hall–Kier alpha value is -2.58. The molecule has 2 atom stereocenters. The van der Waals surface area contributed by atoms with E-state index in [1.165, 1.54) is 0 Å². The number of carbonyl (C=O) groups excluding carboxylic acids is 1. The number of carbonyl (C=O) groups is 1. The predicted molar refractivity (Wildman–Crippen MR) is 214 cm³/mol. The zero-order valence-electron chi connectivity index (χ0n) is 32.5. The number of ether oxygens (including phenoxy) is 2. The first-order valence-corrected chi connectivity index (χ1v) is 20.5. The molecule has 290 valence electrons. The molecule has 0 aromatic rings. The Kier molecular flexibility index (Phi) is 32.8. The quantitative estimate of drug-likeness (QED) is 0.0236. The number of allylic oxidation sites excluding steroid dienone is 16. The van der Waals surface area contributed by atoms with Gasteiger partial charge < -0.3 is 18.9 Å². The monoisotopic (exact) mass is 732 g/mol. The van der Waals surface area contributed by atoms with E-state index in [1.54, 1.807) is 0 Å². The van der Waals surface area contributed by atoms with Gasteiger partial charge >= 0.3 is 13.8 Å². The van der Waals surface area contributed by atoms with Crippen molar-refractivity contribution in [2.75, 3.05) is 54.1 Å². The van der Waals surface area contributed by atoms with Crippen molar-refractivity contribution in [2.24, 2.45) is 0 Å². The molecule has 1 N–H and O–H groups in total. The fourth-order valence-electron chi connectivity index (χ4n) is 4.25. The van der Waals surface area contributed by atoms with Crippen LogP contribution in [-0.4, -0.2) is 75.6 Å². The van der Waals surface area contributed by atoms with Crippen molar-refractivity contribution in [3.8, 4) is 0 Å². The first kappa shape index (κ1) is 48.4. The highest BCUT2D eigenvalue weighted by molar-refractivity contribution is 7.47. The molecule has 0 bridgehead atoms. The summed E-state index contributed by atoms with van der Waals surface area (Å²) in [7, 11) is 1.58. The predicted octanol–water partition coefficient (Wildman–Crippen LogP) is 10.7. The second kappa shape index (κ2) is 34.5. The smallest absolute Gasteiger partial charge is 0.457 e. The number of rotatable bonds is 33. The van der Waals surface area contributed by atoms with E-state index in [0.717, 1.165) is 77.0 Å². The van der Waals surface area contributed by atoms with E-state index >= 15 is 0 Å². The highest BCUT2D eigenvalue weighted by Gasteiger charge is 2.26. The summed E-state index contributed by atoms with van der Waals surface area (Å²) in [5.41, 5.74) is 0. The van der Waals surface area contributed by atoms with Gasteiger partial charge in [0.25, 0.3) is 0 Å². The lowest BCUT2D eigenvalue weighted by molar-refractivity contribution is -0.870. The molecule has 0 aliphatic carbocycles. The third-order valence-corrected chi connectivity index (χ3v) is 8.13. The number of unbranched alkanes of at least 4 members (excludes halogenated alkanes) is 3. The van der Waals surface area contributed by atoms with Gasteiger partial charge in [-0.2, -0.15) is 0 Å². The number of nitrogens with zero attached hydrogens (tertiary/aromatic N) is 1. The Morgan fingerprint density at radius 3 is 1.53 bits per heavy atom. The number of esters is 1. The molecule has 9 heteroatoms. The lowest BCUT2D eigenvalue weighted by Gasteiger charge is -2.24. The molecule has 0 fully saturated rings. The van der Waals surface area contributed by atoms with Crippen molar-refractivity contribution in [2.45, 2.75) is 110 Å². The van der Waals surface area contributed by atoms with Crippen LogP contribution in [0.15, 0.2) is 97.2 Å². The summed E-state index contributed by atoms with van der Waals surface area (Å²) >= 11 is 0. The second-order valence-electron chi connectivity index (χ2n) is 13.2. The summed E-state index contributed by atoms with van der Waals surface area (Å²) in [5.74, 6) is -0.379. The molecule has 0 saturated heterocycles. The Morgan fingerprint density at radius 2 is 1.06 bits per heavy atom. The summed E-state index contributed by atoms with van der Waals surface area (Å²) in [6, 6.07) is 0. The fourth-order valence-corrected chi connectivity index (χ4v) is 4.99. The van der Waals surface area contributed by atoms with Gasteiger partial charge in [-0.1, -0.05) is 111 Å². The van der Waals surface area contributed by atoms with E-state index in [0.29, 0.717) is 24.1 Å². The number of hydrogen-bond donors (Lipinski definition) is 1. The van der Waals surface area contributed by atoms with Gasteiger partial charge in [-0.15, -0.1) is 0 Å². The molecular weight excluding hydrogens is 661 g/mol. The summed E-state index contributed by atoms with van der Waals surface area (Å²) in [5, 5.41) is 0. The summed E-state index contributed by atoms with van der Waals surface area (Å²) in [6.07, 6.45) is 46.0. The van der Waals surface area contributed by atoms with E-state index in [2.05, 4.69) is 111 Å². The van der Waals surface area contributed by atoms with E-state index in [-0.39, 0.29) is 32.2 Å². The summed E-state index contributed by atoms with van der Waals surface area (Å²) in [4.78, 5) is 22.8. The molecule has 0 aliphatic heterocycles. The van der Waals surface area contributed by atoms with Crippen LogP contribution in [0.3, 0.4) is 0 Å². The van der Waals surface area contributed by atoms with Crippen molar-refractivity contribution < 1.29 is 37.3 Å². The molecule has 2 unspecified atom stereocenters. The molecule has 51 heavy (non-hydrogen) atoms. The third-order valence-electron chi connectivity index (χ3n) is 7.14. The van der Waals surface area contributed by atoms with Gasteiger partial charge in [0.1, 0.15) is 19.3 Å². The van der Waals surface area contributed by atoms with Gasteiger partial charge in [0.2, 0.25) is 0 Å². The minimum Gasteiger partial charge on any atom is -0.457 e. The average molecular weight is 733 g/mol. The van der Waals surface area contributed by atoms with Crippen LogP contribution in [-0.2, 0) is 27.9 Å². The van der Waals surface area contributed by atoms with Crippen molar-refractivity contribution >= 4 is 13.8 Å². The average Bonchev–Trinajstić information content (AvgIpc) is 3.08. The molecule has 0 aromatic heterocycles. The zero-order chi connectivity index (χ0) is 37.7. The largest absolute Gasteiger partial charge is 0.472 e. The van der Waals surface area contributed by atoms with Crippen LogP contribution in [0.4, 0.5) is 0 Å². The molecule has 0 spiro atoms. The molecule has 0 aliphatic rings. The summed E-state index contributed by atoms with van der Waals surface area (Å²) < 4.78 is 34.7. The van der Waals surface area contributed by atoms with Crippen LogP contribution >= 0.6 is 7.82 Å². The molecule has 0 saturated carbocycles. The van der Waals surface area contributed by atoms with Crippen LogP contribution in [0, 0.1) is 0 Å². The Morgan fingerprint density at radius 1 is 0.608 bits per heavy atom. The van der Waals surface area contributed by atoms with Crippen LogP contribution < -0.4 is 0 Å². The topological polar surface area (TPSA) is 91.3 Å². The first-order chi connectivity index (χ1) is 24.6. The number of likely N-dealkylation sites (N-methyl/N-ethyl adjacent to an activating group) is 1. The zero-order valence-corrected chi connectivity index (χ0v) is 33.4. The van der Waals surface area contributed by atoms with Crippen molar-refractivity contribution in [3.63, 3.8) is 0 Å². The van der Waals surface area contributed by atoms with E-state index < -0.39 is 13.9 Å². The van der Waals surface area contributed by atoms with Gasteiger partial charge in [0, 0.05) is 13.0 Å². The van der Waals surface area contributed by atoms with E-state index in [1.807, 2.05) is 21.1 Å². The number of quaternary nitrogens is 1. The first-order valence-electron chi connectivity index (χ1n) is 19.0. The fraction of sp³-hybridized carbons (Fsp3) is 0.595. The normalized spacial score (nSPS) is 15.0. The van der Waals surface area contributed by atoms with Crippen LogP contribution in [0.25, 0.3) is 0 Å². The van der Waals surface area contributed by atoms with Gasteiger partial charge in [-0.05, 0) is 83.5 Å². The highest BCUT2D eigenvalue weighted by atomic mass is 31.2. The number of phosphoric acid groups is 1. The molecule has 0 amide bonds. The summed E-state index contributed by atoms with van der Waals surface area (Å²) in [6.45, 7) is 5.13. The standard InChI is InChI=1S/C42H70NO7P/c1-6-8-10-12-14-16-18-20-22-23-25-27-29-31-33-35-42(44)50-41(40-49-51(45,46)48-38-36-43(3,4)5)39-47-37-34-32-30-28-26-24-21-19-17-15-13-11-9-7-2/h8-11,14-17,20-22,24-25,27-28,30,41H,6-7,12-13,18-19,23,26,29,31-40H2,1-5H3/p+1/b10-8-,11-9-,16-14-,17-15-,22-20-,24-21-,27-25-,30-28-. The van der Waals surface area contributed by atoms with Crippen molar-refractivity contribution in [1.29, 1.82) is 0 Å². The second-order valence-corrected chi connectivity index (χ2v) is 14.6. The van der Waals surface area contributed by atoms with Crippen molar-refractivity contribution in [3.05, 3.63) is 97.2 Å². The molecule has 0 aromatic carbocycles. The molecule has 0 heterocycles. The maximum atomic E-state index is 12.6. The van der Waals surface area contributed by atoms with Crippen LogP contribution in [0.5, 0.6) is 0 Å². The van der Waals surface area contributed by atoms with Gasteiger partial charge in [-0.3, -0.25) is 13.8 Å². The number of hydrogen-bond acceptors (Lipinski definition) is 6. The molecule has 8 nitrogen and oxygen atoms in total. The van der Waals surface area contributed by atoms with Crippen LogP contribution in [0.1, 0.15) is 104 Å². The maximum absolute atomic E-state index is 12.6. The maximum Gasteiger partial charge on any atom is 0.472 e. The Labute approximate surface area is 311 Å². The van der Waals surface area contributed by atoms with Crippen molar-refractivity contribution in [1.82, 2.24) is 0 Å². The minimum atomic E-state index is -4.30.